The van der Waals surface area contributed by atoms with E-state index in [-0.39, 0.29) is 11.3 Å². The number of rotatable bonds is 2. The highest BCUT2D eigenvalue weighted by molar-refractivity contribution is 5.94. The molecule has 2 aromatic rings. The lowest BCUT2D eigenvalue weighted by atomic mass is 9.80. The lowest BCUT2D eigenvalue weighted by Gasteiger charge is -2.36. The van der Waals surface area contributed by atoms with Gasteiger partial charge >= 0.3 is 0 Å². The zero-order valence-corrected chi connectivity index (χ0v) is 17.8. The minimum absolute atomic E-state index is 0.0122. The van der Waals surface area contributed by atoms with Gasteiger partial charge in [-0.05, 0) is 37.7 Å². The number of aromatic nitrogens is 2. The highest BCUT2D eigenvalue weighted by Gasteiger charge is 2.46. The first kappa shape index (κ1) is 19.9. The Labute approximate surface area is 182 Å². The molecule has 1 spiro atoms. The van der Waals surface area contributed by atoms with Crippen molar-refractivity contribution in [2.24, 2.45) is 0 Å². The number of anilines is 1. The van der Waals surface area contributed by atoms with Gasteiger partial charge in [0.2, 0.25) is 5.95 Å². The first-order chi connectivity index (χ1) is 15.1. The highest BCUT2D eigenvalue weighted by atomic mass is 16.5. The minimum atomic E-state index is -0.292. The van der Waals surface area contributed by atoms with Crippen LogP contribution in [0.3, 0.4) is 0 Å². The summed E-state index contributed by atoms with van der Waals surface area (Å²) in [6, 6.07) is 8.92. The Morgan fingerprint density at radius 2 is 1.94 bits per heavy atom. The molecule has 1 aromatic carbocycles. The molecular formula is C23H26N6O2. The second-order valence-electron chi connectivity index (χ2n) is 8.77. The van der Waals surface area contributed by atoms with Gasteiger partial charge in [0.1, 0.15) is 0 Å². The van der Waals surface area contributed by atoms with Crippen LogP contribution in [0.2, 0.25) is 0 Å². The fourth-order valence-corrected chi connectivity index (χ4v) is 4.77. The van der Waals surface area contributed by atoms with Gasteiger partial charge in [-0.2, -0.15) is 5.26 Å². The average Bonchev–Trinajstić information content (AvgIpc) is 3.24. The topological polar surface area (TPSA) is 85.6 Å². The van der Waals surface area contributed by atoms with Crippen molar-refractivity contribution < 1.29 is 9.53 Å². The van der Waals surface area contributed by atoms with Gasteiger partial charge in [-0.15, -0.1) is 0 Å². The average molecular weight is 419 g/mol. The number of nitrogens with zero attached hydrogens (tertiary/aromatic N) is 6. The number of amides is 1. The van der Waals surface area contributed by atoms with Crippen LogP contribution in [-0.4, -0.2) is 78.6 Å². The Kier molecular flexibility index (Phi) is 5.08. The molecule has 31 heavy (non-hydrogen) atoms. The molecule has 4 heterocycles. The lowest BCUT2D eigenvalue weighted by molar-refractivity contribution is 0.0484. The van der Waals surface area contributed by atoms with Crippen LogP contribution in [0, 0.1) is 11.3 Å². The zero-order chi connectivity index (χ0) is 21.4. The minimum Gasteiger partial charge on any atom is -0.376 e. The summed E-state index contributed by atoms with van der Waals surface area (Å²) in [7, 11) is 2.13. The lowest BCUT2D eigenvalue weighted by Crippen LogP contribution is -2.46. The van der Waals surface area contributed by atoms with Gasteiger partial charge in [-0.25, -0.2) is 9.97 Å². The molecule has 1 atom stereocenters. The van der Waals surface area contributed by atoms with Gasteiger partial charge < -0.3 is 19.4 Å². The normalized spacial score (nSPS) is 23.6. The van der Waals surface area contributed by atoms with E-state index in [0.717, 1.165) is 49.8 Å². The third-order valence-corrected chi connectivity index (χ3v) is 6.68. The fraction of sp³-hybridized carbons (Fsp3) is 0.478. The van der Waals surface area contributed by atoms with Crippen molar-refractivity contribution in [3.05, 3.63) is 52.8 Å². The first-order valence-corrected chi connectivity index (χ1v) is 10.8. The van der Waals surface area contributed by atoms with E-state index < -0.39 is 0 Å². The molecule has 8 heteroatoms. The van der Waals surface area contributed by atoms with Gasteiger partial charge in [0.05, 0.1) is 36.0 Å². The Hall–Kier alpha value is -3.02. The molecule has 160 valence electrons. The predicted molar refractivity (Wildman–Crippen MR) is 115 cm³/mol. The second kappa shape index (κ2) is 7.91. The van der Waals surface area contributed by atoms with Crippen LogP contribution >= 0.6 is 0 Å². The van der Waals surface area contributed by atoms with Crippen LogP contribution in [-0.2, 0) is 16.8 Å². The van der Waals surface area contributed by atoms with Crippen LogP contribution in [0.5, 0.6) is 0 Å². The number of likely N-dealkylation sites (tertiary alicyclic amines) is 1. The summed E-state index contributed by atoms with van der Waals surface area (Å²) in [6.45, 7) is 6.17. The van der Waals surface area contributed by atoms with E-state index in [1.165, 1.54) is 0 Å². The summed E-state index contributed by atoms with van der Waals surface area (Å²) in [4.78, 5) is 29.2. The molecule has 1 amide bonds. The number of ether oxygens (including phenoxy) is 1. The summed E-state index contributed by atoms with van der Waals surface area (Å²) in [5, 5.41) is 8.99. The predicted octanol–water partition coefficient (Wildman–Crippen LogP) is 1.41. The smallest absolute Gasteiger partial charge is 0.253 e. The number of piperazine rings is 1. The summed E-state index contributed by atoms with van der Waals surface area (Å²) in [6.07, 6.45) is 2.73. The molecule has 3 aliphatic heterocycles. The number of carbonyl (C=O) groups excluding carboxylic acids is 1. The van der Waals surface area contributed by atoms with Crippen molar-refractivity contribution in [1.82, 2.24) is 19.8 Å². The standard InChI is InChI=1S/C23H26N6O2/c1-27-8-10-28(11-9-27)22-25-13-19-14-31-16-23(20(19)26-22)6-7-29(15-23)21(30)18-4-2-17(12-24)3-5-18/h2-5,13H,6-11,14-16H2,1H3/t23-/m0/s1. The summed E-state index contributed by atoms with van der Waals surface area (Å²) in [5.74, 6) is 0.770. The second-order valence-corrected chi connectivity index (χ2v) is 8.77. The third kappa shape index (κ3) is 3.64. The Bertz CT molecular complexity index is 1030. The van der Waals surface area contributed by atoms with Gasteiger partial charge in [-0.1, -0.05) is 0 Å². The molecule has 2 saturated heterocycles. The molecule has 0 unspecified atom stereocenters. The molecule has 0 bridgehead atoms. The third-order valence-electron chi connectivity index (χ3n) is 6.68. The van der Waals surface area contributed by atoms with Crippen LogP contribution < -0.4 is 4.90 Å². The van der Waals surface area contributed by atoms with Gasteiger partial charge in [0.25, 0.3) is 5.91 Å². The van der Waals surface area contributed by atoms with Crippen LogP contribution in [0.15, 0.2) is 30.5 Å². The Morgan fingerprint density at radius 3 is 2.68 bits per heavy atom. The Balaban J connectivity index is 1.39. The van der Waals surface area contributed by atoms with Crippen LogP contribution in [0.25, 0.3) is 0 Å². The highest BCUT2D eigenvalue weighted by Crippen LogP contribution is 2.40. The summed E-state index contributed by atoms with van der Waals surface area (Å²) in [5.41, 5.74) is 2.93. The maximum absolute atomic E-state index is 13.1. The number of likely N-dealkylation sites (N-methyl/N-ethyl adjacent to an activating group) is 1. The molecule has 0 N–H and O–H groups in total. The molecule has 3 aliphatic rings. The molecule has 1 aromatic heterocycles. The molecule has 0 aliphatic carbocycles. The van der Waals surface area contributed by atoms with E-state index in [9.17, 15) is 4.79 Å². The number of hydrogen-bond donors (Lipinski definition) is 0. The molecule has 0 saturated carbocycles. The number of carbonyl (C=O) groups is 1. The number of benzene rings is 1. The van der Waals surface area contributed by atoms with E-state index >= 15 is 0 Å². The van der Waals surface area contributed by atoms with Crippen molar-refractivity contribution in [1.29, 1.82) is 5.26 Å². The van der Waals surface area contributed by atoms with Crippen molar-refractivity contribution in [2.75, 3.05) is 57.8 Å². The van der Waals surface area contributed by atoms with E-state index in [1.54, 1.807) is 24.3 Å². The summed E-state index contributed by atoms with van der Waals surface area (Å²) >= 11 is 0. The number of nitriles is 1. The van der Waals surface area contributed by atoms with E-state index in [4.69, 9.17) is 15.0 Å². The van der Waals surface area contributed by atoms with Gasteiger partial charge in [0.15, 0.2) is 0 Å². The SMILES string of the molecule is CN1CCN(c2ncc3c(n2)[C@]2(CCN(C(=O)c4ccc(C#N)cc4)C2)COC3)CC1. The van der Waals surface area contributed by atoms with Crippen LogP contribution in [0.1, 0.15) is 33.6 Å². The molecule has 0 radical (unpaired) electrons. The zero-order valence-electron chi connectivity index (χ0n) is 17.8. The van der Waals surface area contributed by atoms with Crippen molar-refractivity contribution in [2.45, 2.75) is 18.4 Å². The molecule has 5 rings (SSSR count). The van der Waals surface area contributed by atoms with E-state index in [2.05, 4.69) is 27.9 Å². The number of hydrogen-bond acceptors (Lipinski definition) is 7. The van der Waals surface area contributed by atoms with Crippen molar-refractivity contribution >= 4 is 11.9 Å². The van der Waals surface area contributed by atoms with Crippen molar-refractivity contribution in [3.8, 4) is 6.07 Å². The Morgan fingerprint density at radius 1 is 1.16 bits per heavy atom. The largest absolute Gasteiger partial charge is 0.376 e. The fourth-order valence-electron chi connectivity index (χ4n) is 4.77. The van der Waals surface area contributed by atoms with Crippen molar-refractivity contribution in [3.63, 3.8) is 0 Å². The van der Waals surface area contributed by atoms with E-state index in [0.29, 0.717) is 37.4 Å². The molecule has 8 nitrogen and oxygen atoms in total. The summed E-state index contributed by atoms with van der Waals surface area (Å²) < 4.78 is 5.92. The number of fused-ring (bicyclic) bond motifs is 2. The molecular weight excluding hydrogens is 392 g/mol. The van der Waals surface area contributed by atoms with Crippen LogP contribution in [0.4, 0.5) is 5.95 Å². The first-order valence-electron chi connectivity index (χ1n) is 10.8. The quantitative estimate of drug-likeness (QED) is 0.729. The monoisotopic (exact) mass is 418 g/mol. The maximum atomic E-state index is 13.1. The molecule has 2 fully saturated rings. The van der Waals surface area contributed by atoms with Gasteiger partial charge in [-0.3, -0.25) is 4.79 Å². The van der Waals surface area contributed by atoms with E-state index in [1.807, 2.05) is 11.1 Å². The maximum Gasteiger partial charge on any atom is 0.253 e. The van der Waals surface area contributed by atoms with Gasteiger partial charge in [0, 0.05) is 56.6 Å².